The van der Waals surface area contributed by atoms with Crippen LogP contribution in [0.5, 0.6) is 0 Å². The van der Waals surface area contributed by atoms with Crippen LogP contribution in [0.2, 0.25) is 0 Å². The minimum absolute atomic E-state index is 0.0284. The van der Waals surface area contributed by atoms with Crippen molar-refractivity contribution in [3.8, 4) is 0 Å². The number of piperidine rings is 1. The van der Waals surface area contributed by atoms with Gasteiger partial charge in [-0.2, -0.15) is 0 Å². The molecule has 0 radical (unpaired) electrons. The molecule has 0 aromatic heterocycles. The van der Waals surface area contributed by atoms with Crippen molar-refractivity contribution >= 4 is 22.5 Å². The summed E-state index contributed by atoms with van der Waals surface area (Å²) in [6.07, 6.45) is 0.899. The smallest absolute Gasteiger partial charge is 0.227 e. The zero-order valence-corrected chi connectivity index (χ0v) is 12.2. The summed E-state index contributed by atoms with van der Waals surface area (Å²) in [4.78, 5) is 25.7. The predicted octanol–water partition coefficient (Wildman–Crippen LogP) is 2.82. The van der Waals surface area contributed by atoms with E-state index in [4.69, 9.17) is 0 Å². The van der Waals surface area contributed by atoms with Crippen LogP contribution in [-0.2, 0) is 16.0 Å². The number of nitrogens with zero attached hydrogens (tertiary/aromatic N) is 1. The van der Waals surface area contributed by atoms with E-state index in [2.05, 4.69) is 24.3 Å². The number of hydrogen-bond donors (Lipinski definition) is 0. The highest BCUT2D eigenvalue weighted by molar-refractivity contribution is 5.87. The molecule has 0 bridgehead atoms. The molecular weight excluding hydrogens is 262 g/mol. The van der Waals surface area contributed by atoms with Gasteiger partial charge in [0.1, 0.15) is 5.78 Å². The third-order valence-electron chi connectivity index (χ3n) is 4.19. The Hall–Kier alpha value is -2.16. The molecule has 3 rings (SSSR count). The van der Waals surface area contributed by atoms with Gasteiger partial charge in [0.2, 0.25) is 5.91 Å². The van der Waals surface area contributed by atoms with Gasteiger partial charge < -0.3 is 4.90 Å². The first-order valence-electron chi connectivity index (χ1n) is 7.41. The normalized spacial score (nSPS) is 19.0. The molecule has 1 saturated heterocycles. The fourth-order valence-electron chi connectivity index (χ4n) is 2.88. The molecule has 1 fully saturated rings. The first kappa shape index (κ1) is 13.8. The zero-order chi connectivity index (χ0) is 14.8. The minimum Gasteiger partial charge on any atom is -0.341 e. The molecule has 21 heavy (non-hydrogen) atoms. The lowest BCUT2D eigenvalue weighted by Crippen LogP contribution is -2.43. The van der Waals surface area contributed by atoms with Crippen LogP contribution in [0.3, 0.4) is 0 Å². The highest BCUT2D eigenvalue weighted by Gasteiger charge is 2.26. The predicted molar refractivity (Wildman–Crippen MR) is 83.0 cm³/mol. The fourth-order valence-corrected chi connectivity index (χ4v) is 2.88. The Balaban J connectivity index is 1.72. The Bertz CT molecular complexity index is 692. The molecule has 0 spiro atoms. The maximum absolute atomic E-state index is 12.4. The first-order chi connectivity index (χ1) is 10.1. The average molecular weight is 281 g/mol. The Morgan fingerprint density at radius 2 is 1.95 bits per heavy atom. The minimum atomic E-state index is -0.0284. The van der Waals surface area contributed by atoms with Crippen molar-refractivity contribution in [1.29, 1.82) is 0 Å². The molecule has 3 nitrogen and oxygen atoms in total. The van der Waals surface area contributed by atoms with Gasteiger partial charge in [0, 0.05) is 25.4 Å². The quantitative estimate of drug-likeness (QED) is 0.849. The second-order valence-electron chi connectivity index (χ2n) is 5.82. The summed E-state index contributed by atoms with van der Waals surface area (Å²) in [5.74, 6) is 0.355. The van der Waals surface area contributed by atoms with Crippen LogP contribution in [0.25, 0.3) is 10.8 Å². The van der Waals surface area contributed by atoms with Crippen molar-refractivity contribution < 1.29 is 9.59 Å². The van der Waals surface area contributed by atoms with E-state index in [1.807, 2.05) is 30.0 Å². The molecule has 0 aliphatic carbocycles. The van der Waals surface area contributed by atoms with Gasteiger partial charge in [-0.3, -0.25) is 9.59 Å². The first-order valence-corrected chi connectivity index (χ1v) is 7.41. The van der Waals surface area contributed by atoms with Crippen LogP contribution in [0.1, 0.15) is 18.9 Å². The molecule has 108 valence electrons. The van der Waals surface area contributed by atoms with Crippen molar-refractivity contribution in [2.24, 2.45) is 5.92 Å². The molecule has 2 aromatic rings. The summed E-state index contributed by atoms with van der Waals surface area (Å²) in [5, 5.41) is 2.34. The number of rotatable bonds is 2. The van der Waals surface area contributed by atoms with Gasteiger partial charge in [-0.25, -0.2) is 0 Å². The third-order valence-corrected chi connectivity index (χ3v) is 4.19. The number of carbonyl (C=O) groups excluding carboxylic acids is 2. The molecule has 2 aromatic carbocycles. The van der Waals surface area contributed by atoms with E-state index >= 15 is 0 Å². The summed E-state index contributed by atoms with van der Waals surface area (Å²) < 4.78 is 0. The van der Waals surface area contributed by atoms with E-state index in [0.29, 0.717) is 25.9 Å². The fraction of sp³-hybridized carbons (Fsp3) is 0.333. The Kier molecular flexibility index (Phi) is 3.74. The van der Waals surface area contributed by atoms with Crippen molar-refractivity contribution in [2.75, 3.05) is 13.1 Å². The molecule has 1 aliphatic rings. The second kappa shape index (κ2) is 5.68. The number of carbonyl (C=O) groups is 2. The number of amides is 1. The number of hydrogen-bond acceptors (Lipinski definition) is 2. The average Bonchev–Trinajstić information content (AvgIpc) is 2.50. The van der Waals surface area contributed by atoms with Crippen LogP contribution in [0.15, 0.2) is 42.5 Å². The number of likely N-dealkylation sites (tertiary alicyclic amines) is 1. The maximum atomic E-state index is 12.4. The van der Waals surface area contributed by atoms with Crippen LogP contribution < -0.4 is 0 Å². The van der Waals surface area contributed by atoms with E-state index in [-0.39, 0.29) is 17.6 Å². The second-order valence-corrected chi connectivity index (χ2v) is 5.82. The number of benzene rings is 2. The molecule has 1 heterocycles. The van der Waals surface area contributed by atoms with E-state index in [1.165, 1.54) is 5.39 Å². The number of ketones is 1. The highest BCUT2D eigenvalue weighted by atomic mass is 16.2. The van der Waals surface area contributed by atoms with Crippen molar-refractivity contribution in [1.82, 2.24) is 4.90 Å². The monoisotopic (exact) mass is 281 g/mol. The molecule has 1 aliphatic heterocycles. The van der Waals surface area contributed by atoms with Gasteiger partial charge >= 0.3 is 0 Å². The Morgan fingerprint density at radius 3 is 2.71 bits per heavy atom. The summed E-state index contributed by atoms with van der Waals surface area (Å²) in [5.41, 5.74) is 1.03. The molecule has 1 unspecified atom stereocenters. The lowest BCUT2D eigenvalue weighted by atomic mass is 9.97. The molecule has 3 heteroatoms. The molecule has 1 amide bonds. The molecule has 0 N–H and O–H groups in total. The summed E-state index contributed by atoms with van der Waals surface area (Å²) >= 11 is 0. The van der Waals surface area contributed by atoms with Gasteiger partial charge in [-0.1, -0.05) is 49.4 Å². The van der Waals surface area contributed by atoms with E-state index in [9.17, 15) is 9.59 Å². The van der Waals surface area contributed by atoms with Crippen LogP contribution in [0, 0.1) is 5.92 Å². The van der Waals surface area contributed by atoms with Crippen LogP contribution >= 0.6 is 0 Å². The molecular formula is C18H19NO2. The molecule has 0 saturated carbocycles. The number of fused-ring (bicyclic) bond motifs is 1. The van der Waals surface area contributed by atoms with Crippen molar-refractivity contribution in [3.05, 3.63) is 48.0 Å². The van der Waals surface area contributed by atoms with E-state index < -0.39 is 0 Å². The van der Waals surface area contributed by atoms with Gasteiger partial charge in [0.05, 0.1) is 6.42 Å². The van der Waals surface area contributed by atoms with Crippen molar-refractivity contribution in [2.45, 2.75) is 19.8 Å². The highest BCUT2D eigenvalue weighted by Crippen LogP contribution is 2.18. The maximum Gasteiger partial charge on any atom is 0.227 e. The van der Waals surface area contributed by atoms with E-state index in [0.717, 1.165) is 10.9 Å². The topological polar surface area (TPSA) is 37.4 Å². The SMILES string of the molecule is CC1CN(C(=O)Cc2ccc3ccccc3c2)CCC1=O. The van der Waals surface area contributed by atoms with Gasteiger partial charge in [-0.05, 0) is 16.3 Å². The van der Waals surface area contributed by atoms with Gasteiger partial charge in [-0.15, -0.1) is 0 Å². The van der Waals surface area contributed by atoms with Crippen LogP contribution in [-0.4, -0.2) is 29.7 Å². The van der Waals surface area contributed by atoms with E-state index in [1.54, 1.807) is 0 Å². The van der Waals surface area contributed by atoms with Crippen LogP contribution in [0.4, 0.5) is 0 Å². The standard InChI is InChI=1S/C18H19NO2/c1-13-12-19(9-8-17(13)20)18(21)11-14-6-7-15-4-2-3-5-16(15)10-14/h2-7,10,13H,8-9,11-12H2,1H3. The largest absolute Gasteiger partial charge is 0.341 e. The lowest BCUT2D eigenvalue weighted by molar-refractivity contribution is -0.136. The third kappa shape index (κ3) is 2.97. The zero-order valence-electron chi connectivity index (χ0n) is 12.2. The Labute approximate surface area is 124 Å². The van der Waals surface area contributed by atoms with Gasteiger partial charge in [0.15, 0.2) is 0 Å². The number of Topliss-reactive ketones (excluding diaryl/α,β-unsaturated/α-hetero) is 1. The van der Waals surface area contributed by atoms with Crippen molar-refractivity contribution in [3.63, 3.8) is 0 Å². The van der Waals surface area contributed by atoms with Gasteiger partial charge in [0.25, 0.3) is 0 Å². The summed E-state index contributed by atoms with van der Waals surface area (Å²) in [6, 6.07) is 14.3. The Morgan fingerprint density at radius 1 is 1.19 bits per heavy atom. The summed E-state index contributed by atoms with van der Waals surface area (Å²) in [7, 11) is 0. The molecule has 1 atom stereocenters. The summed E-state index contributed by atoms with van der Waals surface area (Å²) in [6.45, 7) is 3.03. The lowest BCUT2D eigenvalue weighted by Gasteiger charge is -2.30.